The maximum atomic E-state index is 9.21. The van der Waals surface area contributed by atoms with Crippen LogP contribution in [0.5, 0.6) is 0 Å². The lowest BCUT2D eigenvalue weighted by molar-refractivity contribution is -0.0124. The highest BCUT2D eigenvalue weighted by atomic mass is 16.5. The van der Waals surface area contributed by atoms with Gasteiger partial charge in [-0.2, -0.15) is 0 Å². The standard InChI is InChI=1S/C13H21BO4/c1-13(2,17-3)8-9-18-10-11-6-4-5-7-12(11)14(15)16/h4-7,15-16H,8-10H2,1-3H3. The zero-order valence-electron chi connectivity index (χ0n) is 11.2. The number of benzene rings is 1. The molecule has 0 fully saturated rings. The van der Waals surface area contributed by atoms with E-state index in [4.69, 9.17) is 9.47 Å². The molecule has 1 aromatic rings. The van der Waals surface area contributed by atoms with E-state index in [1.807, 2.05) is 26.0 Å². The molecule has 0 aliphatic heterocycles. The maximum absolute atomic E-state index is 9.21. The zero-order chi connectivity index (χ0) is 13.6. The van der Waals surface area contributed by atoms with Crippen LogP contribution in [-0.2, 0) is 16.1 Å². The minimum absolute atomic E-state index is 0.198. The summed E-state index contributed by atoms with van der Waals surface area (Å²) in [6.07, 6.45) is 0.785. The summed E-state index contributed by atoms with van der Waals surface area (Å²) in [7, 11) is 0.220. The molecule has 1 aromatic carbocycles. The molecule has 100 valence electrons. The van der Waals surface area contributed by atoms with Gasteiger partial charge < -0.3 is 19.5 Å². The van der Waals surface area contributed by atoms with Crippen molar-refractivity contribution in [3.63, 3.8) is 0 Å². The largest absolute Gasteiger partial charge is 0.488 e. The Hall–Kier alpha value is -0.875. The Bertz CT molecular complexity index is 366. The van der Waals surface area contributed by atoms with E-state index in [1.165, 1.54) is 0 Å². The average molecular weight is 252 g/mol. The highest BCUT2D eigenvalue weighted by Gasteiger charge is 2.17. The third-order valence-electron chi connectivity index (χ3n) is 2.99. The maximum Gasteiger partial charge on any atom is 0.488 e. The lowest BCUT2D eigenvalue weighted by atomic mass is 9.77. The quantitative estimate of drug-likeness (QED) is 0.554. The van der Waals surface area contributed by atoms with Crippen LogP contribution >= 0.6 is 0 Å². The van der Waals surface area contributed by atoms with E-state index in [9.17, 15) is 10.0 Å². The molecular formula is C13H21BO4. The summed E-state index contributed by atoms with van der Waals surface area (Å²) in [5.41, 5.74) is 1.09. The Morgan fingerprint density at radius 3 is 2.50 bits per heavy atom. The van der Waals surface area contributed by atoms with Crippen LogP contribution in [0.4, 0.5) is 0 Å². The van der Waals surface area contributed by atoms with Gasteiger partial charge in [0, 0.05) is 13.7 Å². The topological polar surface area (TPSA) is 58.9 Å². The molecule has 0 bridgehead atoms. The van der Waals surface area contributed by atoms with Crippen LogP contribution in [0, 0.1) is 0 Å². The van der Waals surface area contributed by atoms with Gasteiger partial charge in [-0.3, -0.25) is 0 Å². The second kappa shape index (κ2) is 6.90. The van der Waals surface area contributed by atoms with Crippen molar-refractivity contribution in [2.75, 3.05) is 13.7 Å². The predicted molar refractivity (Wildman–Crippen MR) is 71.6 cm³/mol. The van der Waals surface area contributed by atoms with Gasteiger partial charge in [-0.15, -0.1) is 0 Å². The fraction of sp³-hybridized carbons (Fsp3) is 0.538. The highest BCUT2D eigenvalue weighted by Crippen LogP contribution is 2.13. The summed E-state index contributed by atoms with van der Waals surface area (Å²) in [5, 5.41) is 18.4. The third-order valence-corrected chi connectivity index (χ3v) is 2.99. The lowest BCUT2D eigenvalue weighted by Gasteiger charge is -2.22. The molecule has 2 N–H and O–H groups in total. The van der Waals surface area contributed by atoms with Gasteiger partial charge in [-0.1, -0.05) is 24.3 Å². The predicted octanol–water partition coefficient (Wildman–Crippen LogP) is 0.698. The van der Waals surface area contributed by atoms with E-state index < -0.39 is 7.12 Å². The van der Waals surface area contributed by atoms with E-state index in [0.29, 0.717) is 18.7 Å². The number of rotatable bonds is 7. The summed E-state index contributed by atoms with van der Waals surface area (Å²) in [6.45, 7) is 4.94. The van der Waals surface area contributed by atoms with E-state index in [1.54, 1.807) is 19.2 Å². The van der Waals surface area contributed by atoms with E-state index in [-0.39, 0.29) is 5.60 Å². The average Bonchev–Trinajstić information content (AvgIpc) is 2.35. The first-order valence-corrected chi connectivity index (χ1v) is 6.03. The molecule has 1 rings (SSSR count). The van der Waals surface area contributed by atoms with Crippen LogP contribution in [0.2, 0.25) is 0 Å². The van der Waals surface area contributed by atoms with Gasteiger partial charge in [0.15, 0.2) is 0 Å². The molecule has 0 saturated carbocycles. The zero-order valence-corrected chi connectivity index (χ0v) is 11.2. The van der Waals surface area contributed by atoms with Gasteiger partial charge >= 0.3 is 7.12 Å². The van der Waals surface area contributed by atoms with Crippen LogP contribution in [0.3, 0.4) is 0 Å². The molecule has 5 heteroatoms. The van der Waals surface area contributed by atoms with Crippen LogP contribution in [0.1, 0.15) is 25.8 Å². The fourth-order valence-corrected chi connectivity index (χ4v) is 1.52. The fourth-order valence-electron chi connectivity index (χ4n) is 1.52. The molecule has 0 aliphatic rings. The molecule has 0 aromatic heterocycles. The Balaban J connectivity index is 2.45. The molecule has 4 nitrogen and oxygen atoms in total. The van der Waals surface area contributed by atoms with Gasteiger partial charge in [0.1, 0.15) is 0 Å². The number of hydrogen-bond donors (Lipinski definition) is 2. The van der Waals surface area contributed by atoms with Crippen molar-refractivity contribution < 1.29 is 19.5 Å². The van der Waals surface area contributed by atoms with Crippen LogP contribution in [0.25, 0.3) is 0 Å². The van der Waals surface area contributed by atoms with Crippen molar-refractivity contribution in [3.05, 3.63) is 29.8 Å². The Morgan fingerprint density at radius 2 is 1.89 bits per heavy atom. The molecular weight excluding hydrogens is 231 g/mol. The van der Waals surface area contributed by atoms with Crippen molar-refractivity contribution in [2.45, 2.75) is 32.5 Å². The van der Waals surface area contributed by atoms with Gasteiger partial charge in [-0.05, 0) is 31.3 Å². The first-order valence-electron chi connectivity index (χ1n) is 6.03. The SMILES string of the molecule is COC(C)(C)CCOCc1ccccc1B(O)O. The number of ether oxygens (including phenoxy) is 2. The molecule has 0 aliphatic carbocycles. The summed E-state index contributed by atoms with van der Waals surface area (Å²) in [5.74, 6) is 0. The van der Waals surface area contributed by atoms with E-state index in [0.717, 1.165) is 12.0 Å². The van der Waals surface area contributed by atoms with Gasteiger partial charge in [0.25, 0.3) is 0 Å². The first-order chi connectivity index (χ1) is 8.46. The third kappa shape index (κ3) is 4.78. The van der Waals surface area contributed by atoms with Crippen molar-refractivity contribution >= 4 is 12.6 Å². The van der Waals surface area contributed by atoms with Crippen molar-refractivity contribution in [2.24, 2.45) is 0 Å². The number of hydrogen-bond acceptors (Lipinski definition) is 4. The summed E-state index contributed by atoms with van der Waals surface area (Å²) < 4.78 is 10.8. The van der Waals surface area contributed by atoms with Crippen molar-refractivity contribution in [3.8, 4) is 0 Å². The lowest BCUT2D eigenvalue weighted by Crippen LogP contribution is -2.33. The summed E-state index contributed by atoms with van der Waals surface area (Å²) in [4.78, 5) is 0. The van der Waals surface area contributed by atoms with Crippen LogP contribution in [0.15, 0.2) is 24.3 Å². The van der Waals surface area contributed by atoms with E-state index >= 15 is 0 Å². The van der Waals surface area contributed by atoms with Crippen LogP contribution < -0.4 is 5.46 Å². The molecule has 0 atom stereocenters. The minimum atomic E-state index is -1.46. The van der Waals surface area contributed by atoms with Gasteiger partial charge in [-0.25, -0.2) is 0 Å². The van der Waals surface area contributed by atoms with E-state index in [2.05, 4.69) is 0 Å². The molecule has 0 radical (unpaired) electrons. The second-order valence-electron chi connectivity index (χ2n) is 4.84. The first kappa shape index (κ1) is 15.2. The molecule has 18 heavy (non-hydrogen) atoms. The van der Waals surface area contributed by atoms with Gasteiger partial charge in [0.2, 0.25) is 0 Å². The molecule has 0 unspecified atom stereocenters. The van der Waals surface area contributed by atoms with Crippen molar-refractivity contribution in [1.29, 1.82) is 0 Å². The minimum Gasteiger partial charge on any atom is -0.423 e. The summed E-state index contributed by atoms with van der Waals surface area (Å²) >= 11 is 0. The summed E-state index contributed by atoms with van der Waals surface area (Å²) in [6, 6.07) is 7.13. The second-order valence-corrected chi connectivity index (χ2v) is 4.84. The molecule has 0 heterocycles. The Labute approximate surface area is 109 Å². The molecule has 0 spiro atoms. The monoisotopic (exact) mass is 252 g/mol. The molecule has 0 saturated heterocycles. The van der Waals surface area contributed by atoms with Crippen molar-refractivity contribution in [1.82, 2.24) is 0 Å². The van der Waals surface area contributed by atoms with Gasteiger partial charge in [0.05, 0.1) is 12.2 Å². The number of methoxy groups -OCH3 is 1. The normalized spacial score (nSPS) is 11.6. The molecule has 0 amide bonds. The smallest absolute Gasteiger partial charge is 0.423 e. The Morgan fingerprint density at radius 1 is 1.22 bits per heavy atom. The highest BCUT2D eigenvalue weighted by molar-refractivity contribution is 6.59. The Kier molecular flexibility index (Phi) is 5.82. The van der Waals surface area contributed by atoms with Crippen LogP contribution in [-0.4, -0.2) is 36.5 Å².